The summed E-state index contributed by atoms with van der Waals surface area (Å²) < 4.78 is 0. The summed E-state index contributed by atoms with van der Waals surface area (Å²) in [5, 5.41) is 0. The van der Waals surface area contributed by atoms with Gasteiger partial charge in [-0.05, 0) is 24.0 Å². The Balaban J connectivity index is 2.17. The minimum atomic E-state index is 0.0164. The van der Waals surface area contributed by atoms with Crippen LogP contribution in [-0.2, 0) is 5.41 Å². The van der Waals surface area contributed by atoms with Crippen LogP contribution in [0.5, 0.6) is 0 Å². The fraction of sp³-hybridized carbons (Fsp3) is 0.294. The van der Waals surface area contributed by atoms with Crippen LogP contribution in [0.3, 0.4) is 0 Å². The molecule has 1 unspecified atom stereocenters. The smallest absolute Gasteiger partial charge is 0.0353 e. The van der Waals surface area contributed by atoms with Gasteiger partial charge in [0.05, 0.1) is 0 Å². The van der Waals surface area contributed by atoms with Gasteiger partial charge in [-0.15, -0.1) is 0 Å². The summed E-state index contributed by atoms with van der Waals surface area (Å²) >= 11 is 0. The highest BCUT2D eigenvalue weighted by atomic mass is 14.7. The molecule has 92 valence electrons. The number of rotatable bonds is 2. The Morgan fingerprint density at radius 2 is 1.33 bits per heavy atom. The molecule has 0 aliphatic heterocycles. The second kappa shape index (κ2) is 4.58. The fourth-order valence-corrected chi connectivity index (χ4v) is 3.39. The quantitative estimate of drug-likeness (QED) is 0.850. The molecule has 1 atom stereocenters. The normalized spacial score (nSPS) is 21.9. The lowest BCUT2D eigenvalue weighted by Gasteiger charge is -2.35. The van der Waals surface area contributed by atoms with Gasteiger partial charge in [0.2, 0.25) is 0 Å². The molecule has 0 spiro atoms. The molecule has 1 aliphatic carbocycles. The molecule has 3 rings (SSSR count). The van der Waals surface area contributed by atoms with Crippen molar-refractivity contribution in [3.05, 3.63) is 71.8 Å². The summed E-state index contributed by atoms with van der Waals surface area (Å²) in [7, 11) is 0. The largest absolute Gasteiger partial charge is 0.327 e. The summed E-state index contributed by atoms with van der Waals surface area (Å²) in [6.45, 7) is 0. The van der Waals surface area contributed by atoms with Crippen LogP contribution >= 0.6 is 0 Å². The van der Waals surface area contributed by atoms with Gasteiger partial charge in [0.25, 0.3) is 0 Å². The van der Waals surface area contributed by atoms with E-state index in [1.54, 1.807) is 0 Å². The molecule has 1 fully saturated rings. The lowest BCUT2D eigenvalue weighted by Crippen LogP contribution is -2.41. The van der Waals surface area contributed by atoms with E-state index >= 15 is 0 Å². The van der Waals surface area contributed by atoms with Crippen LogP contribution in [0.15, 0.2) is 60.7 Å². The van der Waals surface area contributed by atoms with Crippen LogP contribution in [-0.4, -0.2) is 6.04 Å². The van der Waals surface area contributed by atoms with Gasteiger partial charge >= 0.3 is 0 Å². The van der Waals surface area contributed by atoms with E-state index in [9.17, 15) is 0 Å². The summed E-state index contributed by atoms with van der Waals surface area (Å²) in [5.74, 6) is 0. The Hall–Kier alpha value is -1.60. The predicted octanol–water partition coefficient (Wildman–Crippen LogP) is 3.48. The average Bonchev–Trinajstić information content (AvgIpc) is 2.84. The Morgan fingerprint density at radius 1 is 0.833 bits per heavy atom. The van der Waals surface area contributed by atoms with Gasteiger partial charge in [-0.2, -0.15) is 0 Å². The van der Waals surface area contributed by atoms with E-state index in [2.05, 4.69) is 60.7 Å². The van der Waals surface area contributed by atoms with E-state index in [1.807, 2.05) is 0 Å². The van der Waals surface area contributed by atoms with Gasteiger partial charge in [0.15, 0.2) is 0 Å². The highest BCUT2D eigenvalue weighted by molar-refractivity contribution is 5.42. The monoisotopic (exact) mass is 237 g/mol. The van der Waals surface area contributed by atoms with Crippen molar-refractivity contribution in [2.45, 2.75) is 30.7 Å². The zero-order valence-corrected chi connectivity index (χ0v) is 10.5. The Kier molecular flexibility index (Phi) is 2.92. The number of nitrogens with two attached hydrogens (primary N) is 1. The third-order valence-corrected chi connectivity index (χ3v) is 4.30. The lowest BCUT2D eigenvalue weighted by molar-refractivity contribution is 0.467. The van der Waals surface area contributed by atoms with E-state index < -0.39 is 0 Å². The van der Waals surface area contributed by atoms with Crippen LogP contribution in [0.2, 0.25) is 0 Å². The second-order valence-corrected chi connectivity index (χ2v) is 5.20. The van der Waals surface area contributed by atoms with Crippen molar-refractivity contribution in [3.8, 4) is 0 Å². The van der Waals surface area contributed by atoms with Crippen LogP contribution in [0.25, 0.3) is 0 Å². The van der Waals surface area contributed by atoms with Crippen LogP contribution in [0, 0.1) is 0 Å². The molecule has 0 amide bonds. The maximum Gasteiger partial charge on any atom is 0.0353 e. The van der Waals surface area contributed by atoms with Crippen molar-refractivity contribution in [1.29, 1.82) is 0 Å². The SMILES string of the molecule is NC1CCCC1(c1ccccc1)c1ccccc1. The zero-order valence-electron chi connectivity index (χ0n) is 10.5. The third kappa shape index (κ3) is 1.67. The van der Waals surface area contributed by atoms with Crippen LogP contribution in [0.4, 0.5) is 0 Å². The van der Waals surface area contributed by atoms with E-state index in [-0.39, 0.29) is 11.5 Å². The van der Waals surface area contributed by atoms with Crippen LogP contribution in [0.1, 0.15) is 30.4 Å². The van der Waals surface area contributed by atoms with Gasteiger partial charge in [0, 0.05) is 11.5 Å². The topological polar surface area (TPSA) is 26.0 Å². The van der Waals surface area contributed by atoms with Crippen LogP contribution < -0.4 is 5.73 Å². The minimum Gasteiger partial charge on any atom is -0.327 e. The number of hydrogen-bond acceptors (Lipinski definition) is 1. The molecule has 2 N–H and O–H groups in total. The Labute approximate surface area is 109 Å². The molecule has 1 saturated carbocycles. The average molecular weight is 237 g/mol. The second-order valence-electron chi connectivity index (χ2n) is 5.20. The molecule has 0 bridgehead atoms. The van der Waals surface area contributed by atoms with Crippen molar-refractivity contribution in [1.82, 2.24) is 0 Å². The molecule has 1 nitrogen and oxygen atoms in total. The molecule has 2 aromatic carbocycles. The first-order chi connectivity index (χ1) is 8.84. The van der Waals surface area contributed by atoms with Crippen molar-refractivity contribution in [2.24, 2.45) is 5.73 Å². The molecular formula is C17H19N. The molecule has 0 radical (unpaired) electrons. The first-order valence-corrected chi connectivity index (χ1v) is 6.71. The minimum absolute atomic E-state index is 0.0164. The number of hydrogen-bond donors (Lipinski definition) is 1. The third-order valence-electron chi connectivity index (χ3n) is 4.30. The molecule has 0 saturated heterocycles. The van der Waals surface area contributed by atoms with Crippen molar-refractivity contribution in [3.63, 3.8) is 0 Å². The van der Waals surface area contributed by atoms with Gasteiger partial charge in [-0.25, -0.2) is 0 Å². The van der Waals surface area contributed by atoms with Crippen molar-refractivity contribution < 1.29 is 0 Å². The highest BCUT2D eigenvalue weighted by Gasteiger charge is 2.43. The van der Waals surface area contributed by atoms with Crippen molar-refractivity contribution in [2.75, 3.05) is 0 Å². The molecular weight excluding hydrogens is 218 g/mol. The summed E-state index contributed by atoms with van der Waals surface area (Å²) in [6, 6.07) is 21.7. The summed E-state index contributed by atoms with van der Waals surface area (Å²) in [6.07, 6.45) is 3.48. The maximum atomic E-state index is 6.48. The Bertz CT molecular complexity index is 464. The fourth-order valence-electron chi connectivity index (χ4n) is 3.39. The molecule has 0 heterocycles. The summed E-state index contributed by atoms with van der Waals surface area (Å²) in [5.41, 5.74) is 9.22. The summed E-state index contributed by atoms with van der Waals surface area (Å²) in [4.78, 5) is 0. The maximum absolute atomic E-state index is 6.48. The molecule has 1 heteroatoms. The van der Waals surface area contributed by atoms with Gasteiger partial charge in [-0.1, -0.05) is 67.1 Å². The first-order valence-electron chi connectivity index (χ1n) is 6.71. The van der Waals surface area contributed by atoms with E-state index in [4.69, 9.17) is 5.73 Å². The predicted molar refractivity (Wildman–Crippen MR) is 75.5 cm³/mol. The Morgan fingerprint density at radius 3 is 1.72 bits per heavy atom. The van der Waals surface area contributed by atoms with E-state index in [1.165, 1.54) is 17.5 Å². The first kappa shape index (κ1) is 11.5. The molecule has 0 aromatic heterocycles. The molecule has 2 aromatic rings. The van der Waals surface area contributed by atoms with Gasteiger partial charge in [-0.3, -0.25) is 0 Å². The van der Waals surface area contributed by atoms with E-state index in [0.717, 1.165) is 12.8 Å². The highest BCUT2D eigenvalue weighted by Crippen LogP contribution is 2.45. The molecule has 1 aliphatic rings. The standard InChI is InChI=1S/C17H19N/c18-16-12-7-13-17(16,14-8-3-1-4-9-14)15-10-5-2-6-11-15/h1-6,8-11,16H,7,12-13,18H2. The zero-order chi connectivity index (χ0) is 12.4. The number of benzene rings is 2. The lowest BCUT2D eigenvalue weighted by atomic mass is 9.71. The van der Waals surface area contributed by atoms with E-state index in [0.29, 0.717) is 0 Å². The van der Waals surface area contributed by atoms with Crippen molar-refractivity contribution >= 4 is 0 Å². The van der Waals surface area contributed by atoms with Gasteiger partial charge in [0.1, 0.15) is 0 Å². The molecule has 18 heavy (non-hydrogen) atoms. The van der Waals surface area contributed by atoms with Gasteiger partial charge < -0.3 is 5.73 Å².